The van der Waals surface area contributed by atoms with Crippen molar-refractivity contribution in [3.05, 3.63) is 45.2 Å². The lowest BCUT2D eigenvalue weighted by Gasteiger charge is -2.12. The summed E-state index contributed by atoms with van der Waals surface area (Å²) in [5.74, 6) is -0.260. The Bertz CT molecular complexity index is 553. The highest BCUT2D eigenvalue weighted by molar-refractivity contribution is 7.15. The van der Waals surface area contributed by atoms with E-state index in [1.54, 1.807) is 6.07 Å². The lowest BCUT2D eigenvalue weighted by atomic mass is 9.98. The fourth-order valence-corrected chi connectivity index (χ4v) is 3.06. The van der Waals surface area contributed by atoms with Gasteiger partial charge in [0, 0.05) is 15.8 Å². The highest BCUT2D eigenvalue weighted by Gasteiger charge is 2.17. The predicted octanol–water partition coefficient (Wildman–Crippen LogP) is 3.98. The van der Waals surface area contributed by atoms with Crippen molar-refractivity contribution in [3.63, 3.8) is 0 Å². The second-order valence-electron chi connectivity index (χ2n) is 3.89. The van der Waals surface area contributed by atoms with Crippen LogP contribution in [-0.2, 0) is 0 Å². The Kier molecular flexibility index (Phi) is 3.35. The van der Waals surface area contributed by atoms with E-state index in [1.807, 2.05) is 13.8 Å². The summed E-state index contributed by atoms with van der Waals surface area (Å²) in [6.07, 6.45) is 0. The van der Waals surface area contributed by atoms with Gasteiger partial charge in [0.15, 0.2) is 5.13 Å². The zero-order valence-electron chi connectivity index (χ0n) is 9.50. The maximum Gasteiger partial charge on any atom is 0.180 e. The van der Waals surface area contributed by atoms with Gasteiger partial charge in [0.1, 0.15) is 5.82 Å². The monoisotopic (exact) mass is 270 g/mol. The zero-order chi connectivity index (χ0) is 12.6. The van der Waals surface area contributed by atoms with E-state index in [2.05, 4.69) is 4.98 Å². The minimum absolute atomic E-state index is 0.0675. The van der Waals surface area contributed by atoms with Gasteiger partial charge in [0.2, 0.25) is 0 Å². The Morgan fingerprint density at radius 1 is 1.47 bits per heavy atom. The maximum atomic E-state index is 13.0. The lowest BCUT2D eigenvalue weighted by molar-refractivity contribution is 0.626. The van der Waals surface area contributed by atoms with Crippen LogP contribution < -0.4 is 5.73 Å². The summed E-state index contributed by atoms with van der Waals surface area (Å²) in [5.41, 5.74) is 7.46. The number of hydrogen-bond donors (Lipinski definition) is 1. The molecule has 0 aliphatic heterocycles. The number of rotatable bonds is 2. The van der Waals surface area contributed by atoms with Gasteiger partial charge in [-0.1, -0.05) is 24.6 Å². The molecule has 0 aliphatic carbocycles. The third-order valence-corrected chi connectivity index (χ3v) is 4.17. The van der Waals surface area contributed by atoms with E-state index in [0.29, 0.717) is 10.2 Å². The molecular formula is C12H12ClFN2S. The first-order chi connectivity index (χ1) is 7.99. The van der Waals surface area contributed by atoms with Crippen LogP contribution in [0.4, 0.5) is 9.52 Å². The molecule has 2 nitrogen and oxygen atoms in total. The topological polar surface area (TPSA) is 38.9 Å². The number of nitrogens with two attached hydrogens (primary N) is 1. The molecule has 1 aromatic heterocycles. The number of nitrogen functional groups attached to an aromatic ring is 1. The Balaban J connectivity index is 2.43. The Labute approximate surface area is 108 Å². The molecule has 2 aromatic rings. The fraction of sp³-hybridized carbons (Fsp3) is 0.250. The van der Waals surface area contributed by atoms with Crippen molar-refractivity contribution < 1.29 is 4.39 Å². The Morgan fingerprint density at radius 2 is 2.18 bits per heavy atom. The first-order valence-electron chi connectivity index (χ1n) is 5.16. The normalized spacial score (nSPS) is 12.7. The Morgan fingerprint density at radius 3 is 2.71 bits per heavy atom. The van der Waals surface area contributed by atoms with Crippen LogP contribution in [0.25, 0.3) is 0 Å². The minimum atomic E-state index is -0.327. The molecule has 0 aliphatic rings. The molecule has 0 radical (unpaired) electrons. The first-order valence-corrected chi connectivity index (χ1v) is 6.36. The number of halogens is 2. The van der Waals surface area contributed by atoms with Gasteiger partial charge < -0.3 is 5.73 Å². The number of aromatic nitrogens is 1. The average molecular weight is 271 g/mol. The molecule has 0 saturated carbocycles. The van der Waals surface area contributed by atoms with Crippen molar-refractivity contribution in [1.29, 1.82) is 0 Å². The first kappa shape index (κ1) is 12.3. The SMILES string of the molecule is Cc1nc(N)sc1C(C)c1ccc(F)cc1Cl. The van der Waals surface area contributed by atoms with Crippen LogP contribution in [0.15, 0.2) is 18.2 Å². The van der Waals surface area contributed by atoms with Crippen LogP contribution in [0.5, 0.6) is 0 Å². The van der Waals surface area contributed by atoms with Gasteiger partial charge in [-0.25, -0.2) is 9.37 Å². The quantitative estimate of drug-likeness (QED) is 0.896. The molecule has 90 valence electrons. The number of nitrogens with zero attached hydrogens (tertiary/aromatic N) is 1. The fourth-order valence-electron chi connectivity index (χ4n) is 1.83. The van der Waals surface area contributed by atoms with E-state index in [0.717, 1.165) is 16.1 Å². The summed E-state index contributed by atoms with van der Waals surface area (Å²) in [5, 5.41) is 0.978. The molecular weight excluding hydrogens is 259 g/mol. The summed E-state index contributed by atoms with van der Waals surface area (Å²) < 4.78 is 13.0. The number of anilines is 1. The van der Waals surface area contributed by atoms with Crippen LogP contribution in [0.3, 0.4) is 0 Å². The molecule has 1 heterocycles. The Hall–Kier alpha value is -1.13. The third kappa shape index (κ3) is 2.42. The molecule has 0 amide bonds. The standard InChI is InChI=1S/C12H12ClFN2S/c1-6(11-7(2)16-12(15)17-11)9-4-3-8(14)5-10(9)13/h3-6H,1-2H3,(H2,15,16). The summed E-state index contributed by atoms with van der Waals surface area (Å²) in [4.78, 5) is 5.25. The van der Waals surface area contributed by atoms with E-state index in [9.17, 15) is 4.39 Å². The van der Waals surface area contributed by atoms with Gasteiger partial charge >= 0.3 is 0 Å². The molecule has 2 rings (SSSR count). The number of benzene rings is 1. The minimum Gasteiger partial charge on any atom is -0.375 e. The molecule has 17 heavy (non-hydrogen) atoms. The second-order valence-corrected chi connectivity index (χ2v) is 5.36. The van der Waals surface area contributed by atoms with Crippen molar-refractivity contribution in [3.8, 4) is 0 Å². The molecule has 0 spiro atoms. The summed E-state index contributed by atoms with van der Waals surface area (Å²) >= 11 is 7.49. The molecule has 5 heteroatoms. The molecule has 0 fully saturated rings. The molecule has 1 atom stereocenters. The van der Waals surface area contributed by atoms with E-state index in [-0.39, 0.29) is 11.7 Å². The summed E-state index contributed by atoms with van der Waals surface area (Å²) in [6, 6.07) is 4.45. The van der Waals surface area contributed by atoms with Crippen LogP contribution in [0, 0.1) is 12.7 Å². The van der Waals surface area contributed by atoms with Gasteiger partial charge in [0.25, 0.3) is 0 Å². The van der Waals surface area contributed by atoms with E-state index >= 15 is 0 Å². The molecule has 1 aromatic carbocycles. The smallest absolute Gasteiger partial charge is 0.180 e. The van der Waals surface area contributed by atoms with Crippen molar-refractivity contribution in [2.45, 2.75) is 19.8 Å². The highest BCUT2D eigenvalue weighted by atomic mass is 35.5. The van der Waals surface area contributed by atoms with Crippen molar-refractivity contribution in [2.75, 3.05) is 5.73 Å². The molecule has 2 N–H and O–H groups in total. The predicted molar refractivity (Wildman–Crippen MR) is 70.2 cm³/mol. The number of aryl methyl sites for hydroxylation is 1. The van der Waals surface area contributed by atoms with E-state index in [4.69, 9.17) is 17.3 Å². The van der Waals surface area contributed by atoms with Gasteiger partial charge in [-0.3, -0.25) is 0 Å². The van der Waals surface area contributed by atoms with Crippen LogP contribution in [0.1, 0.15) is 29.0 Å². The van der Waals surface area contributed by atoms with Crippen LogP contribution in [0.2, 0.25) is 5.02 Å². The van der Waals surface area contributed by atoms with Crippen LogP contribution in [-0.4, -0.2) is 4.98 Å². The number of thiazole rings is 1. The van der Waals surface area contributed by atoms with E-state index in [1.165, 1.54) is 23.5 Å². The van der Waals surface area contributed by atoms with Crippen molar-refractivity contribution in [2.24, 2.45) is 0 Å². The summed E-state index contributed by atoms with van der Waals surface area (Å²) in [6.45, 7) is 3.93. The van der Waals surface area contributed by atoms with Gasteiger partial charge in [-0.05, 0) is 24.6 Å². The van der Waals surface area contributed by atoms with Gasteiger partial charge in [0.05, 0.1) is 5.69 Å². The molecule has 0 saturated heterocycles. The van der Waals surface area contributed by atoms with Crippen LogP contribution >= 0.6 is 22.9 Å². The van der Waals surface area contributed by atoms with Crippen molar-refractivity contribution in [1.82, 2.24) is 4.98 Å². The summed E-state index contributed by atoms with van der Waals surface area (Å²) in [7, 11) is 0. The lowest BCUT2D eigenvalue weighted by Crippen LogP contribution is -1.97. The number of hydrogen-bond acceptors (Lipinski definition) is 3. The molecule has 0 bridgehead atoms. The third-order valence-electron chi connectivity index (χ3n) is 2.67. The highest BCUT2D eigenvalue weighted by Crippen LogP contribution is 2.35. The van der Waals surface area contributed by atoms with Gasteiger partial charge in [-0.15, -0.1) is 11.3 Å². The van der Waals surface area contributed by atoms with E-state index < -0.39 is 0 Å². The average Bonchev–Trinajstić information content (AvgIpc) is 2.57. The maximum absolute atomic E-state index is 13.0. The van der Waals surface area contributed by atoms with Crippen molar-refractivity contribution >= 4 is 28.1 Å². The van der Waals surface area contributed by atoms with Gasteiger partial charge in [-0.2, -0.15) is 0 Å². The zero-order valence-corrected chi connectivity index (χ0v) is 11.1. The second kappa shape index (κ2) is 4.63. The largest absolute Gasteiger partial charge is 0.375 e. The molecule has 1 unspecified atom stereocenters.